The second-order valence-electron chi connectivity index (χ2n) is 5.80. The fourth-order valence-corrected chi connectivity index (χ4v) is 2.86. The van der Waals surface area contributed by atoms with Crippen LogP contribution in [0.2, 0.25) is 10.0 Å². The standard InChI is InChI=1S/C19H19Cl2NO4/c1-11(16-8-7-15(20)9-17(16)21)22-18(24)12(2)26-19(25)14-5-3-13(10-23)4-6-14/h3-9,11-12,23H,10H2,1-2H3,(H,22,24)/t11-,12+/m1/s1. The molecule has 0 heterocycles. The number of carbonyl (C=O) groups excluding carboxylic acids is 2. The summed E-state index contributed by atoms with van der Waals surface area (Å²) in [6, 6.07) is 10.9. The van der Waals surface area contributed by atoms with Crippen LogP contribution in [0.5, 0.6) is 0 Å². The van der Waals surface area contributed by atoms with Crippen LogP contribution in [0.1, 0.15) is 41.4 Å². The first-order chi connectivity index (χ1) is 12.3. The van der Waals surface area contributed by atoms with E-state index in [-0.39, 0.29) is 12.6 Å². The number of benzene rings is 2. The van der Waals surface area contributed by atoms with Crippen LogP contribution in [0.4, 0.5) is 0 Å². The van der Waals surface area contributed by atoms with Crippen LogP contribution in [0, 0.1) is 0 Å². The summed E-state index contributed by atoms with van der Waals surface area (Å²) in [6.07, 6.45) is -0.978. The number of nitrogens with one attached hydrogen (secondary N) is 1. The number of esters is 1. The fourth-order valence-electron chi connectivity index (χ4n) is 2.29. The SMILES string of the molecule is C[C@H](OC(=O)c1ccc(CO)cc1)C(=O)N[C@H](C)c1ccc(Cl)cc1Cl. The van der Waals surface area contributed by atoms with Crippen LogP contribution >= 0.6 is 23.2 Å². The number of rotatable bonds is 6. The van der Waals surface area contributed by atoms with Gasteiger partial charge in [-0.05, 0) is 49.2 Å². The third-order valence-corrected chi connectivity index (χ3v) is 4.38. The molecule has 0 spiro atoms. The summed E-state index contributed by atoms with van der Waals surface area (Å²) in [4.78, 5) is 24.4. The Bertz CT molecular complexity index is 793. The Labute approximate surface area is 161 Å². The highest BCUT2D eigenvalue weighted by molar-refractivity contribution is 6.35. The van der Waals surface area contributed by atoms with E-state index in [0.717, 1.165) is 0 Å². The van der Waals surface area contributed by atoms with Gasteiger partial charge in [-0.1, -0.05) is 41.4 Å². The van der Waals surface area contributed by atoms with Crippen molar-refractivity contribution in [2.24, 2.45) is 0 Å². The number of hydrogen-bond acceptors (Lipinski definition) is 4. The molecule has 0 aliphatic rings. The second-order valence-corrected chi connectivity index (χ2v) is 6.64. The van der Waals surface area contributed by atoms with Crippen molar-refractivity contribution in [3.63, 3.8) is 0 Å². The quantitative estimate of drug-likeness (QED) is 0.726. The molecule has 0 aliphatic carbocycles. The molecule has 138 valence electrons. The van der Waals surface area contributed by atoms with Crippen molar-refractivity contribution < 1.29 is 19.4 Å². The van der Waals surface area contributed by atoms with E-state index in [1.165, 1.54) is 19.1 Å². The van der Waals surface area contributed by atoms with Crippen LogP contribution < -0.4 is 5.32 Å². The van der Waals surface area contributed by atoms with Crippen LogP contribution in [0.3, 0.4) is 0 Å². The van der Waals surface area contributed by atoms with E-state index in [4.69, 9.17) is 33.0 Å². The van der Waals surface area contributed by atoms with Crippen molar-refractivity contribution in [3.8, 4) is 0 Å². The fraction of sp³-hybridized carbons (Fsp3) is 0.263. The Hall–Kier alpha value is -2.08. The van der Waals surface area contributed by atoms with E-state index < -0.39 is 18.0 Å². The zero-order valence-electron chi connectivity index (χ0n) is 14.3. The first-order valence-electron chi connectivity index (χ1n) is 7.98. The van der Waals surface area contributed by atoms with E-state index in [2.05, 4.69) is 5.32 Å². The van der Waals surface area contributed by atoms with E-state index >= 15 is 0 Å². The minimum Gasteiger partial charge on any atom is -0.449 e. The molecule has 0 bridgehead atoms. The van der Waals surface area contributed by atoms with E-state index in [0.29, 0.717) is 26.7 Å². The number of halogens is 2. The molecule has 0 aromatic heterocycles. The van der Waals surface area contributed by atoms with Crippen LogP contribution in [0.25, 0.3) is 0 Å². The summed E-state index contributed by atoms with van der Waals surface area (Å²) in [5, 5.41) is 12.7. The lowest BCUT2D eigenvalue weighted by atomic mass is 10.1. The van der Waals surface area contributed by atoms with Crippen molar-refractivity contribution >= 4 is 35.1 Å². The highest BCUT2D eigenvalue weighted by atomic mass is 35.5. The largest absolute Gasteiger partial charge is 0.449 e. The molecule has 5 nitrogen and oxygen atoms in total. The summed E-state index contributed by atoms with van der Waals surface area (Å²) in [5.74, 6) is -1.06. The van der Waals surface area contributed by atoms with Crippen molar-refractivity contribution in [1.29, 1.82) is 0 Å². The average Bonchev–Trinajstić information content (AvgIpc) is 2.61. The van der Waals surface area contributed by atoms with Gasteiger partial charge in [0, 0.05) is 10.0 Å². The smallest absolute Gasteiger partial charge is 0.338 e. The molecule has 1 amide bonds. The molecule has 26 heavy (non-hydrogen) atoms. The topological polar surface area (TPSA) is 75.6 Å². The minimum absolute atomic E-state index is 0.112. The Balaban J connectivity index is 1.96. The lowest BCUT2D eigenvalue weighted by molar-refractivity contribution is -0.129. The predicted molar refractivity (Wildman–Crippen MR) is 100 cm³/mol. The van der Waals surface area contributed by atoms with E-state index in [9.17, 15) is 9.59 Å². The van der Waals surface area contributed by atoms with Gasteiger partial charge in [-0.3, -0.25) is 4.79 Å². The highest BCUT2D eigenvalue weighted by Gasteiger charge is 2.21. The zero-order valence-corrected chi connectivity index (χ0v) is 15.8. The molecule has 2 aromatic rings. The monoisotopic (exact) mass is 395 g/mol. The van der Waals surface area contributed by atoms with Crippen molar-refractivity contribution in [2.75, 3.05) is 0 Å². The lowest BCUT2D eigenvalue weighted by Gasteiger charge is -2.19. The third-order valence-electron chi connectivity index (χ3n) is 3.81. The number of hydrogen-bond donors (Lipinski definition) is 2. The summed E-state index contributed by atoms with van der Waals surface area (Å²) in [5.41, 5.74) is 1.69. The molecular formula is C19H19Cl2NO4. The summed E-state index contributed by atoms with van der Waals surface area (Å²) >= 11 is 12.0. The maximum absolute atomic E-state index is 12.3. The number of ether oxygens (including phenoxy) is 1. The maximum Gasteiger partial charge on any atom is 0.338 e. The first-order valence-corrected chi connectivity index (χ1v) is 8.73. The molecule has 0 saturated carbocycles. The molecule has 2 atom stereocenters. The molecule has 0 radical (unpaired) electrons. The number of amides is 1. The molecule has 7 heteroatoms. The van der Waals surface area contributed by atoms with Crippen molar-refractivity contribution in [3.05, 3.63) is 69.2 Å². The van der Waals surface area contributed by atoms with Gasteiger partial charge in [0.15, 0.2) is 6.10 Å². The minimum atomic E-state index is -0.978. The van der Waals surface area contributed by atoms with Crippen LogP contribution in [0.15, 0.2) is 42.5 Å². The van der Waals surface area contributed by atoms with Gasteiger partial charge < -0.3 is 15.2 Å². The zero-order chi connectivity index (χ0) is 19.3. The van der Waals surface area contributed by atoms with Gasteiger partial charge in [-0.25, -0.2) is 4.79 Å². The van der Waals surface area contributed by atoms with Gasteiger partial charge in [0.05, 0.1) is 18.2 Å². The Morgan fingerprint density at radius 1 is 1.12 bits per heavy atom. The Morgan fingerprint density at radius 2 is 1.77 bits per heavy atom. The number of carbonyl (C=O) groups is 2. The normalized spacial score (nSPS) is 13.0. The molecule has 0 fully saturated rings. The Kier molecular flexibility index (Phi) is 7.03. The number of aliphatic hydroxyl groups is 1. The van der Waals surface area contributed by atoms with Gasteiger partial charge >= 0.3 is 5.97 Å². The van der Waals surface area contributed by atoms with Gasteiger partial charge in [-0.2, -0.15) is 0 Å². The molecule has 0 saturated heterocycles. The second kappa shape index (κ2) is 9.03. The first kappa shape index (κ1) is 20.2. The van der Waals surface area contributed by atoms with Crippen LogP contribution in [-0.2, 0) is 16.1 Å². The van der Waals surface area contributed by atoms with Gasteiger partial charge in [0.1, 0.15) is 0 Å². The molecular weight excluding hydrogens is 377 g/mol. The molecule has 0 unspecified atom stereocenters. The third kappa shape index (κ3) is 5.21. The highest BCUT2D eigenvalue weighted by Crippen LogP contribution is 2.26. The van der Waals surface area contributed by atoms with Crippen LogP contribution in [-0.4, -0.2) is 23.1 Å². The lowest BCUT2D eigenvalue weighted by Crippen LogP contribution is -2.37. The van der Waals surface area contributed by atoms with Crippen molar-refractivity contribution in [1.82, 2.24) is 5.32 Å². The predicted octanol–water partition coefficient (Wildman–Crippen LogP) is 3.91. The summed E-state index contributed by atoms with van der Waals surface area (Å²) in [7, 11) is 0. The average molecular weight is 396 g/mol. The maximum atomic E-state index is 12.3. The Morgan fingerprint density at radius 3 is 2.35 bits per heavy atom. The van der Waals surface area contributed by atoms with E-state index in [1.807, 2.05) is 0 Å². The van der Waals surface area contributed by atoms with Gasteiger partial charge in [-0.15, -0.1) is 0 Å². The van der Waals surface area contributed by atoms with Gasteiger partial charge in [0.25, 0.3) is 5.91 Å². The molecule has 0 aliphatic heterocycles. The molecule has 2 rings (SSSR count). The summed E-state index contributed by atoms with van der Waals surface area (Å²) < 4.78 is 5.19. The van der Waals surface area contributed by atoms with E-state index in [1.54, 1.807) is 37.3 Å². The van der Waals surface area contributed by atoms with Crippen molar-refractivity contribution in [2.45, 2.75) is 32.6 Å². The van der Waals surface area contributed by atoms with Gasteiger partial charge in [0.2, 0.25) is 0 Å². The molecule has 2 N–H and O–H groups in total. The number of aliphatic hydroxyl groups excluding tert-OH is 1. The molecule has 2 aromatic carbocycles. The summed E-state index contributed by atoms with van der Waals surface area (Å²) in [6.45, 7) is 3.15.